The van der Waals surface area contributed by atoms with Crippen molar-refractivity contribution in [1.29, 1.82) is 0 Å². The van der Waals surface area contributed by atoms with Crippen LogP contribution in [-0.2, 0) is 19.1 Å². The molecule has 1 N–H and O–H groups in total. The predicted octanol–water partition coefficient (Wildman–Crippen LogP) is 4.90. The molecule has 0 unspecified atom stereocenters. The lowest BCUT2D eigenvalue weighted by atomic mass is 10.0. The van der Waals surface area contributed by atoms with Crippen molar-refractivity contribution in [2.45, 2.75) is 13.8 Å². The maximum absolute atomic E-state index is 13.5. The van der Waals surface area contributed by atoms with Gasteiger partial charge in [-0.25, -0.2) is 4.79 Å². The number of ether oxygens (including phenoxy) is 3. The monoisotopic (exact) mass is 512 g/mol. The number of hydrogen-bond donors (Lipinski definition) is 1. The molecule has 0 bridgehead atoms. The Hall–Kier alpha value is -4.85. The molecule has 3 aromatic rings. The first kappa shape index (κ1) is 26.2. The number of benzene rings is 3. The Morgan fingerprint density at radius 2 is 1.63 bits per heavy atom. The molecular formula is C30H28N2O6. The van der Waals surface area contributed by atoms with E-state index in [1.54, 1.807) is 68.6 Å². The highest BCUT2D eigenvalue weighted by Crippen LogP contribution is 2.36. The van der Waals surface area contributed by atoms with Crippen LogP contribution in [0.15, 0.2) is 89.6 Å². The zero-order chi connectivity index (χ0) is 27.2. The zero-order valence-electron chi connectivity index (χ0n) is 21.6. The van der Waals surface area contributed by atoms with Crippen LogP contribution in [0.1, 0.15) is 18.1 Å². The molecule has 1 aliphatic rings. The second-order valence-electron chi connectivity index (χ2n) is 8.62. The van der Waals surface area contributed by atoms with Gasteiger partial charge in [-0.15, -0.1) is 0 Å². The lowest BCUT2D eigenvalue weighted by molar-refractivity contribution is -0.136. The summed E-state index contributed by atoms with van der Waals surface area (Å²) in [6, 6.07) is 21.4. The highest BCUT2D eigenvalue weighted by molar-refractivity contribution is 6.23. The molecule has 8 heteroatoms. The van der Waals surface area contributed by atoms with Crippen molar-refractivity contribution in [3.8, 4) is 11.5 Å². The number of aryl methyl sites for hydroxylation is 1. The minimum absolute atomic E-state index is 0.156. The van der Waals surface area contributed by atoms with Gasteiger partial charge in [0.05, 0.1) is 31.1 Å². The van der Waals surface area contributed by atoms with Gasteiger partial charge in [0.2, 0.25) is 0 Å². The van der Waals surface area contributed by atoms with E-state index in [4.69, 9.17) is 14.2 Å². The number of anilines is 2. The molecule has 0 aromatic heterocycles. The normalized spacial score (nSPS) is 14.1. The number of amides is 2. The fraction of sp³-hybridized carbons (Fsp3) is 0.167. The first-order valence-corrected chi connectivity index (χ1v) is 11.9. The van der Waals surface area contributed by atoms with Gasteiger partial charge in [0, 0.05) is 17.5 Å². The fourth-order valence-electron chi connectivity index (χ4n) is 4.05. The van der Waals surface area contributed by atoms with Crippen LogP contribution in [0.5, 0.6) is 11.5 Å². The molecule has 0 fully saturated rings. The summed E-state index contributed by atoms with van der Waals surface area (Å²) in [7, 11) is 2.82. The largest absolute Gasteiger partial charge is 0.497 e. The van der Waals surface area contributed by atoms with Crippen LogP contribution in [0.3, 0.4) is 0 Å². The van der Waals surface area contributed by atoms with Crippen LogP contribution < -0.4 is 19.7 Å². The van der Waals surface area contributed by atoms with E-state index in [9.17, 15) is 14.4 Å². The first-order valence-electron chi connectivity index (χ1n) is 11.9. The highest BCUT2D eigenvalue weighted by atomic mass is 16.5. The number of rotatable bonds is 8. The van der Waals surface area contributed by atoms with Gasteiger partial charge in [-0.1, -0.05) is 35.9 Å². The predicted molar refractivity (Wildman–Crippen MR) is 145 cm³/mol. The number of carbonyl (C=O) groups excluding carboxylic acids is 3. The second-order valence-corrected chi connectivity index (χ2v) is 8.62. The Labute approximate surface area is 221 Å². The van der Waals surface area contributed by atoms with Crippen molar-refractivity contribution < 1.29 is 28.6 Å². The second kappa shape index (κ2) is 11.5. The third-order valence-corrected chi connectivity index (χ3v) is 6.00. The van der Waals surface area contributed by atoms with E-state index in [1.165, 1.54) is 12.0 Å². The molecule has 0 radical (unpaired) electrons. The minimum Gasteiger partial charge on any atom is -0.497 e. The van der Waals surface area contributed by atoms with Crippen LogP contribution in [-0.4, -0.2) is 38.6 Å². The summed E-state index contributed by atoms with van der Waals surface area (Å²) >= 11 is 0. The molecule has 1 aliphatic heterocycles. The van der Waals surface area contributed by atoms with Crippen molar-refractivity contribution in [3.63, 3.8) is 0 Å². The van der Waals surface area contributed by atoms with Crippen molar-refractivity contribution in [2.24, 2.45) is 0 Å². The van der Waals surface area contributed by atoms with Crippen LogP contribution in [0.25, 0.3) is 6.08 Å². The van der Waals surface area contributed by atoms with E-state index >= 15 is 0 Å². The van der Waals surface area contributed by atoms with E-state index in [1.807, 2.05) is 31.2 Å². The molecule has 38 heavy (non-hydrogen) atoms. The van der Waals surface area contributed by atoms with Crippen molar-refractivity contribution >= 4 is 35.2 Å². The maximum atomic E-state index is 13.5. The Bertz CT molecular complexity index is 1420. The third-order valence-electron chi connectivity index (χ3n) is 6.00. The minimum atomic E-state index is -0.605. The summed E-state index contributed by atoms with van der Waals surface area (Å²) in [5.74, 6) is -0.168. The third kappa shape index (κ3) is 5.75. The quantitative estimate of drug-likeness (QED) is 0.341. The summed E-state index contributed by atoms with van der Waals surface area (Å²) in [5, 5.41) is 2.78. The molecule has 194 valence electrons. The van der Waals surface area contributed by atoms with E-state index in [-0.39, 0.29) is 29.6 Å². The lowest BCUT2D eigenvalue weighted by Crippen LogP contribution is -2.24. The van der Waals surface area contributed by atoms with Gasteiger partial charge in [-0.2, -0.15) is 0 Å². The molecule has 4 rings (SSSR count). The summed E-state index contributed by atoms with van der Waals surface area (Å²) in [4.78, 5) is 39.8. The summed E-state index contributed by atoms with van der Waals surface area (Å²) in [6.07, 6.45) is 1.63. The van der Waals surface area contributed by atoms with Gasteiger partial charge in [0.1, 0.15) is 11.5 Å². The van der Waals surface area contributed by atoms with Crippen LogP contribution in [0.2, 0.25) is 0 Å². The average molecular weight is 513 g/mol. The Balaban J connectivity index is 1.51. The standard InChI is InChI=1S/C30H28N2O6/c1-19-8-12-22(13-9-19)31-27(33)18-38-24-14-10-21(11-15-24)16-26-28(30(35)37-4)20(2)32(29(26)34)23-6-5-7-25(17-23)36-3/h5-17H,18H2,1-4H3,(H,31,33)/b26-16-. The van der Waals surface area contributed by atoms with Gasteiger partial charge in [0.15, 0.2) is 6.61 Å². The van der Waals surface area contributed by atoms with E-state index in [2.05, 4.69) is 5.32 Å². The number of hydrogen-bond acceptors (Lipinski definition) is 6. The number of allylic oxidation sites excluding steroid dienone is 1. The van der Waals surface area contributed by atoms with E-state index in [0.717, 1.165) is 5.56 Å². The Kier molecular flexibility index (Phi) is 7.91. The van der Waals surface area contributed by atoms with Gasteiger partial charge in [-0.05, 0) is 61.9 Å². The van der Waals surface area contributed by atoms with Crippen molar-refractivity contribution in [2.75, 3.05) is 31.0 Å². The SMILES string of the molecule is COC(=O)C1=C(C)N(c2cccc(OC)c2)C(=O)/C1=C\c1ccc(OCC(=O)Nc2ccc(C)cc2)cc1. The van der Waals surface area contributed by atoms with E-state index < -0.39 is 5.97 Å². The zero-order valence-corrected chi connectivity index (χ0v) is 21.6. The molecular weight excluding hydrogens is 484 g/mol. The first-order chi connectivity index (χ1) is 18.3. The Morgan fingerprint density at radius 3 is 2.29 bits per heavy atom. The number of nitrogens with one attached hydrogen (secondary N) is 1. The number of methoxy groups -OCH3 is 2. The molecule has 0 spiro atoms. The lowest BCUT2D eigenvalue weighted by Gasteiger charge is -2.18. The molecule has 0 aliphatic carbocycles. The van der Waals surface area contributed by atoms with Gasteiger partial charge < -0.3 is 19.5 Å². The molecule has 0 saturated carbocycles. The van der Waals surface area contributed by atoms with E-state index in [0.29, 0.717) is 34.1 Å². The van der Waals surface area contributed by atoms with Crippen molar-refractivity contribution in [1.82, 2.24) is 0 Å². The van der Waals surface area contributed by atoms with Gasteiger partial charge in [0.25, 0.3) is 11.8 Å². The van der Waals surface area contributed by atoms with Crippen LogP contribution in [0.4, 0.5) is 11.4 Å². The van der Waals surface area contributed by atoms with Crippen LogP contribution >= 0.6 is 0 Å². The highest BCUT2D eigenvalue weighted by Gasteiger charge is 2.38. The molecule has 3 aromatic carbocycles. The summed E-state index contributed by atoms with van der Waals surface area (Å²) in [5.41, 5.74) is 3.90. The molecule has 1 heterocycles. The van der Waals surface area contributed by atoms with Crippen molar-refractivity contribution in [3.05, 3.63) is 101 Å². The molecule has 0 atom stereocenters. The fourth-order valence-corrected chi connectivity index (χ4v) is 4.05. The average Bonchev–Trinajstić information content (AvgIpc) is 3.17. The summed E-state index contributed by atoms with van der Waals surface area (Å²) < 4.78 is 15.9. The topological polar surface area (TPSA) is 94.2 Å². The Morgan fingerprint density at radius 1 is 0.921 bits per heavy atom. The molecule has 8 nitrogen and oxygen atoms in total. The molecule has 0 saturated heterocycles. The van der Waals surface area contributed by atoms with Gasteiger partial charge in [-0.3, -0.25) is 14.5 Å². The number of esters is 1. The maximum Gasteiger partial charge on any atom is 0.340 e. The molecule has 2 amide bonds. The number of nitrogens with zero attached hydrogens (tertiary/aromatic N) is 1. The van der Waals surface area contributed by atoms with Gasteiger partial charge >= 0.3 is 5.97 Å². The summed E-state index contributed by atoms with van der Waals surface area (Å²) in [6.45, 7) is 3.51. The number of carbonyl (C=O) groups is 3. The van der Waals surface area contributed by atoms with Crippen LogP contribution in [0, 0.1) is 6.92 Å². The smallest absolute Gasteiger partial charge is 0.340 e.